The van der Waals surface area contributed by atoms with E-state index in [1.807, 2.05) is 30.3 Å². The lowest BCUT2D eigenvalue weighted by Crippen LogP contribution is -2.33. The zero-order valence-corrected chi connectivity index (χ0v) is 14.9. The van der Waals surface area contributed by atoms with Crippen LogP contribution in [-0.4, -0.2) is 25.8 Å². The molecule has 3 rings (SSSR count). The molecule has 2 aromatic carbocycles. The Bertz CT molecular complexity index is 645. The van der Waals surface area contributed by atoms with Crippen molar-refractivity contribution in [2.45, 2.75) is 19.1 Å². The van der Waals surface area contributed by atoms with Crippen molar-refractivity contribution in [1.29, 1.82) is 0 Å². The number of hydrogen-bond donors (Lipinski definition) is 1. The van der Waals surface area contributed by atoms with Gasteiger partial charge in [-0.2, -0.15) is 0 Å². The van der Waals surface area contributed by atoms with Gasteiger partial charge in [0.05, 0.1) is 18.2 Å². The van der Waals surface area contributed by atoms with Crippen LogP contribution in [0.25, 0.3) is 0 Å². The molecule has 0 aliphatic carbocycles. The Morgan fingerprint density at radius 3 is 2.67 bits per heavy atom. The molecule has 1 N–H and O–H groups in total. The number of hydrogen-bond acceptors (Lipinski definition) is 3. The van der Waals surface area contributed by atoms with Gasteiger partial charge in [-0.1, -0.05) is 59.6 Å². The van der Waals surface area contributed by atoms with Crippen LogP contribution in [0.5, 0.6) is 5.75 Å². The molecule has 0 spiro atoms. The molecular weight excluding hydrogens is 345 g/mol. The summed E-state index contributed by atoms with van der Waals surface area (Å²) in [5.41, 5.74) is 1.15. The van der Waals surface area contributed by atoms with Gasteiger partial charge in [-0.3, -0.25) is 0 Å². The molecular formula is C19H21Cl2NO2. The summed E-state index contributed by atoms with van der Waals surface area (Å²) in [6.07, 6.45) is 1.01. The van der Waals surface area contributed by atoms with Crippen LogP contribution in [0.2, 0.25) is 10.0 Å². The van der Waals surface area contributed by atoms with Crippen LogP contribution >= 0.6 is 23.2 Å². The first-order chi connectivity index (χ1) is 11.7. The normalized spacial score (nSPS) is 18.5. The van der Waals surface area contributed by atoms with Crippen LogP contribution in [-0.2, 0) is 11.3 Å². The monoisotopic (exact) mass is 365 g/mol. The van der Waals surface area contributed by atoms with Gasteiger partial charge in [0.15, 0.2) is 0 Å². The molecule has 0 bridgehead atoms. The Kier molecular flexibility index (Phi) is 6.38. The van der Waals surface area contributed by atoms with E-state index in [0.29, 0.717) is 34.9 Å². The molecule has 2 aromatic rings. The average Bonchev–Trinajstić information content (AvgIpc) is 3.13. The van der Waals surface area contributed by atoms with E-state index < -0.39 is 0 Å². The Balaban J connectivity index is 1.63. The maximum absolute atomic E-state index is 6.26. The second kappa shape index (κ2) is 8.72. The fraction of sp³-hybridized carbons (Fsp3) is 0.368. The van der Waals surface area contributed by atoms with Gasteiger partial charge in [0.1, 0.15) is 16.9 Å². The lowest BCUT2D eigenvalue weighted by Gasteiger charge is -2.25. The number of ether oxygens (including phenoxy) is 2. The third-order valence-electron chi connectivity index (χ3n) is 4.21. The molecule has 24 heavy (non-hydrogen) atoms. The van der Waals surface area contributed by atoms with Gasteiger partial charge in [-0.05, 0) is 30.7 Å². The maximum atomic E-state index is 6.26. The van der Waals surface area contributed by atoms with Crippen molar-refractivity contribution in [3.8, 4) is 5.75 Å². The van der Waals surface area contributed by atoms with E-state index in [-0.39, 0.29) is 6.10 Å². The van der Waals surface area contributed by atoms with Gasteiger partial charge in [0.2, 0.25) is 0 Å². The predicted octanol–water partition coefficient (Wildman–Crippen LogP) is 4.57. The predicted molar refractivity (Wildman–Crippen MR) is 98.0 cm³/mol. The van der Waals surface area contributed by atoms with E-state index >= 15 is 0 Å². The topological polar surface area (TPSA) is 30.5 Å². The van der Waals surface area contributed by atoms with Crippen molar-refractivity contribution in [3.63, 3.8) is 0 Å². The summed E-state index contributed by atoms with van der Waals surface area (Å²) in [7, 11) is 0. The van der Waals surface area contributed by atoms with Crippen LogP contribution in [0.1, 0.15) is 12.0 Å². The molecule has 0 saturated carbocycles. The molecule has 1 aliphatic rings. The summed E-state index contributed by atoms with van der Waals surface area (Å²) < 4.78 is 12.1. The standard InChI is InChI=1S/C19H21Cl2NO2/c20-16-7-4-8-17(19(16)21)24-18(15-9-10-22-11-15)13-23-12-14-5-2-1-3-6-14/h1-8,15,18,22H,9-13H2/t15?,18-/m0/s1. The van der Waals surface area contributed by atoms with Crippen molar-refractivity contribution >= 4 is 23.2 Å². The second-order valence-electron chi connectivity index (χ2n) is 5.96. The minimum atomic E-state index is -0.0559. The van der Waals surface area contributed by atoms with Gasteiger partial charge in [0.25, 0.3) is 0 Å². The van der Waals surface area contributed by atoms with Gasteiger partial charge < -0.3 is 14.8 Å². The Morgan fingerprint density at radius 1 is 1.08 bits per heavy atom. The van der Waals surface area contributed by atoms with E-state index in [1.54, 1.807) is 6.07 Å². The number of benzene rings is 2. The zero-order chi connectivity index (χ0) is 16.8. The molecule has 2 atom stereocenters. The molecule has 1 heterocycles. The van der Waals surface area contributed by atoms with E-state index in [1.165, 1.54) is 0 Å². The summed E-state index contributed by atoms with van der Waals surface area (Å²) in [5.74, 6) is 1.01. The summed E-state index contributed by atoms with van der Waals surface area (Å²) in [6.45, 7) is 3.03. The molecule has 0 radical (unpaired) electrons. The van der Waals surface area contributed by atoms with Crippen molar-refractivity contribution in [1.82, 2.24) is 5.32 Å². The lowest BCUT2D eigenvalue weighted by molar-refractivity contribution is 0.0166. The van der Waals surface area contributed by atoms with Crippen molar-refractivity contribution in [2.24, 2.45) is 5.92 Å². The van der Waals surface area contributed by atoms with Crippen LogP contribution < -0.4 is 10.1 Å². The molecule has 1 saturated heterocycles. The Labute approximate surface area is 152 Å². The molecule has 0 aromatic heterocycles. The van der Waals surface area contributed by atoms with E-state index in [2.05, 4.69) is 17.4 Å². The van der Waals surface area contributed by atoms with Crippen molar-refractivity contribution in [2.75, 3.05) is 19.7 Å². The summed E-state index contributed by atoms with van der Waals surface area (Å²) in [6, 6.07) is 15.6. The molecule has 128 valence electrons. The van der Waals surface area contributed by atoms with E-state index in [0.717, 1.165) is 25.1 Å². The third kappa shape index (κ3) is 4.64. The van der Waals surface area contributed by atoms with Crippen LogP contribution in [0.3, 0.4) is 0 Å². The zero-order valence-electron chi connectivity index (χ0n) is 13.4. The molecule has 1 aliphatic heterocycles. The first kappa shape index (κ1) is 17.6. The molecule has 5 heteroatoms. The lowest BCUT2D eigenvalue weighted by atomic mass is 10.0. The maximum Gasteiger partial charge on any atom is 0.139 e. The minimum Gasteiger partial charge on any atom is -0.486 e. The van der Waals surface area contributed by atoms with Gasteiger partial charge >= 0.3 is 0 Å². The second-order valence-corrected chi connectivity index (χ2v) is 6.75. The van der Waals surface area contributed by atoms with Crippen LogP contribution in [0.4, 0.5) is 0 Å². The highest BCUT2D eigenvalue weighted by Crippen LogP contribution is 2.33. The van der Waals surface area contributed by atoms with Gasteiger partial charge in [-0.25, -0.2) is 0 Å². The van der Waals surface area contributed by atoms with Gasteiger partial charge in [-0.15, -0.1) is 0 Å². The fourth-order valence-electron chi connectivity index (χ4n) is 2.87. The average molecular weight is 366 g/mol. The molecule has 1 unspecified atom stereocenters. The van der Waals surface area contributed by atoms with Crippen molar-refractivity contribution in [3.05, 3.63) is 64.1 Å². The van der Waals surface area contributed by atoms with Crippen molar-refractivity contribution < 1.29 is 9.47 Å². The smallest absolute Gasteiger partial charge is 0.139 e. The summed E-state index contributed by atoms with van der Waals surface area (Å²) >= 11 is 12.3. The van der Waals surface area contributed by atoms with Gasteiger partial charge in [0, 0.05) is 12.5 Å². The minimum absolute atomic E-state index is 0.0559. The number of rotatable bonds is 7. The Morgan fingerprint density at radius 2 is 1.92 bits per heavy atom. The van der Waals surface area contributed by atoms with E-state index in [9.17, 15) is 0 Å². The largest absolute Gasteiger partial charge is 0.486 e. The highest BCUT2D eigenvalue weighted by atomic mass is 35.5. The van der Waals surface area contributed by atoms with E-state index in [4.69, 9.17) is 32.7 Å². The SMILES string of the molecule is Clc1cccc(O[C@@H](COCc2ccccc2)C2CCNC2)c1Cl. The quantitative estimate of drug-likeness (QED) is 0.779. The fourth-order valence-corrected chi connectivity index (χ4v) is 3.20. The number of nitrogens with one attached hydrogen (secondary N) is 1. The summed E-state index contributed by atoms with van der Waals surface area (Å²) in [5, 5.41) is 4.34. The summed E-state index contributed by atoms with van der Waals surface area (Å²) in [4.78, 5) is 0. The molecule has 1 fully saturated rings. The highest BCUT2D eigenvalue weighted by Gasteiger charge is 2.27. The van der Waals surface area contributed by atoms with Crippen LogP contribution in [0.15, 0.2) is 48.5 Å². The first-order valence-electron chi connectivity index (χ1n) is 8.17. The van der Waals surface area contributed by atoms with Crippen LogP contribution in [0, 0.1) is 5.92 Å². The Hall–Kier alpha value is -1.26. The highest BCUT2D eigenvalue weighted by molar-refractivity contribution is 6.42. The molecule has 0 amide bonds. The third-order valence-corrected chi connectivity index (χ3v) is 5.01. The number of halogens is 2. The molecule has 3 nitrogen and oxygen atoms in total. The first-order valence-corrected chi connectivity index (χ1v) is 8.92.